The lowest BCUT2D eigenvalue weighted by atomic mass is 10.1. The van der Waals surface area contributed by atoms with Crippen molar-refractivity contribution in [2.75, 3.05) is 7.11 Å². The lowest BCUT2D eigenvalue weighted by molar-refractivity contribution is -0.141. The lowest BCUT2D eigenvalue weighted by Crippen LogP contribution is -2.10. The Hall–Kier alpha value is -2.00. The number of alkyl halides is 3. The zero-order chi connectivity index (χ0) is 15.6. The summed E-state index contributed by atoms with van der Waals surface area (Å²) in [7, 11) is 1.37. The number of aryl methyl sites for hydroxylation is 1. The van der Waals surface area contributed by atoms with Crippen LogP contribution in [0, 0.1) is 6.92 Å². The van der Waals surface area contributed by atoms with E-state index in [9.17, 15) is 13.2 Å². The van der Waals surface area contributed by atoms with Crippen LogP contribution in [0.15, 0.2) is 12.3 Å². The van der Waals surface area contributed by atoms with Gasteiger partial charge in [0.2, 0.25) is 0 Å². The van der Waals surface area contributed by atoms with Crippen LogP contribution in [-0.4, -0.2) is 27.1 Å². The number of nitrogens with two attached hydrogens (primary N) is 1. The molecule has 0 radical (unpaired) electrons. The van der Waals surface area contributed by atoms with Crippen LogP contribution in [0.4, 0.5) is 13.2 Å². The van der Waals surface area contributed by atoms with Gasteiger partial charge >= 0.3 is 6.18 Å². The fourth-order valence-electron chi connectivity index (χ4n) is 1.91. The summed E-state index contributed by atoms with van der Waals surface area (Å²) >= 11 is 0. The summed E-state index contributed by atoms with van der Waals surface area (Å²) in [6.45, 7) is 1.73. The van der Waals surface area contributed by atoms with E-state index in [4.69, 9.17) is 10.5 Å². The predicted octanol–water partition coefficient (Wildman–Crippen LogP) is 1.73. The van der Waals surface area contributed by atoms with Crippen molar-refractivity contribution in [2.24, 2.45) is 5.73 Å². The van der Waals surface area contributed by atoms with E-state index in [1.807, 2.05) is 0 Å². The first kappa shape index (κ1) is 15.4. The summed E-state index contributed by atoms with van der Waals surface area (Å²) in [5.41, 5.74) is 5.47. The molecule has 0 aliphatic rings. The normalized spacial score (nSPS) is 11.9. The molecule has 2 N–H and O–H groups in total. The Bertz CT molecular complexity index is 638. The Morgan fingerprint density at radius 1 is 1.33 bits per heavy atom. The highest BCUT2D eigenvalue weighted by Gasteiger charge is 2.38. The third-order valence-corrected chi connectivity index (χ3v) is 2.79. The molecule has 0 fully saturated rings. The molecule has 6 nitrogen and oxygen atoms in total. The SMILES string of the molecule is COCn1cc(-c2nnc(CN)cc2C)c(C(F)(F)F)n1. The summed E-state index contributed by atoms with van der Waals surface area (Å²) in [6.07, 6.45) is -3.35. The molecular weight excluding hydrogens is 287 g/mol. The molecule has 0 saturated carbocycles. The minimum absolute atomic E-state index is 0.0869. The molecule has 0 unspecified atom stereocenters. The summed E-state index contributed by atoms with van der Waals surface area (Å²) in [5.74, 6) is 0. The fraction of sp³-hybridized carbons (Fsp3) is 0.417. The average Bonchev–Trinajstić information content (AvgIpc) is 2.82. The Morgan fingerprint density at radius 2 is 2.05 bits per heavy atom. The van der Waals surface area contributed by atoms with Gasteiger partial charge in [0.1, 0.15) is 6.73 Å². The van der Waals surface area contributed by atoms with Gasteiger partial charge in [-0.05, 0) is 18.6 Å². The van der Waals surface area contributed by atoms with Crippen molar-refractivity contribution >= 4 is 0 Å². The first-order chi connectivity index (χ1) is 9.86. The maximum absolute atomic E-state index is 13.1. The van der Waals surface area contributed by atoms with Crippen molar-refractivity contribution in [3.63, 3.8) is 0 Å². The average molecular weight is 301 g/mol. The van der Waals surface area contributed by atoms with Crippen LogP contribution in [0.2, 0.25) is 0 Å². The van der Waals surface area contributed by atoms with Gasteiger partial charge in [-0.25, -0.2) is 4.68 Å². The van der Waals surface area contributed by atoms with Crippen LogP contribution in [0.3, 0.4) is 0 Å². The third kappa shape index (κ3) is 3.19. The number of aromatic nitrogens is 4. The van der Waals surface area contributed by atoms with Gasteiger partial charge in [-0.2, -0.15) is 23.4 Å². The number of ether oxygens (including phenoxy) is 1. The van der Waals surface area contributed by atoms with E-state index in [1.165, 1.54) is 13.3 Å². The van der Waals surface area contributed by atoms with E-state index in [0.29, 0.717) is 11.3 Å². The van der Waals surface area contributed by atoms with Gasteiger partial charge in [0.05, 0.1) is 17.0 Å². The number of hydrogen-bond acceptors (Lipinski definition) is 5. The lowest BCUT2D eigenvalue weighted by Gasteiger charge is -2.07. The molecule has 21 heavy (non-hydrogen) atoms. The van der Waals surface area contributed by atoms with E-state index in [1.54, 1.807) is 13.0 Å². The standard InChI is InChI=1S/C12H14F3N5O/c1-7-3-8(4-16)17-18-10(7)9-5-20(6-21-2)19-11(9)12(13,14)15/h3,5H,4,6,16H2,1-2H3. The van der Waals surface area contributed by atoms with Crippen LogP contribution in [0.25, 0.3) is 11.3 Å². The molecule has 2 heterocycles. The molecule has 2 aromatic rings. The summed E-state index contributed by atoms with van der Waals surface area (Å²) < 4.78 is 45.1. The molecule has 114 valence electrons. The number of halogens is 3. The maximum atomic E-state index is 13.1. The molecule has 2 aromatic heterocycles. The molecule has 0 amide bonds. The maximum Gasteiger partial charge on any atom is 0.435 e. The molecule has 0 spiro atoms. The number of methoxy groups -OCH3 is 1. The summed E-state index contributed by atoms with van der Waals surface area (Å²) in [6, 6.07) is 1.61. The van der Waals surface area contributed by atoms with Crippen molar-refractivity contribution in [3.05, 3.63) is 29.2 Å². The Balaban J connectivity index is 2.56. The molecule has 9 heteroatoms. The molecular formula is C12H14F3N5O. The van der Waals surface area contributed by atoms with Gasteiger partial charge in [-0.15, -0.1) is 5.10 Å². The fourth-order valence-corrected chi connectivity index (χ4v) is 1.91. The van der Waals surface area contributed by atoms with E-state index in [-0.39, 0.29) is 24.5 Å². The molecule has 2 rings (SSSR count). The third-order valence-electron chi connectivity index (χ3n) is 2.79. The smallest absolute Gasteiger partial charge is 0.362 e. The highest BCUT2D eigenvalue weighted by Crippen LogP contribution is 2.36. The van der Waals surface area contributed by atoms with Crippen molar-refractivity contribution < 1.29 is 17.9 Å². The van der Waals surface area contributed by atoms with Crippen molar-refractivity contribution in [1.82, 2.24) is 20.0 Å². The van der Waals surface area contributed by atoms with Gasteiger partial charge in [0.25, 0.3) is 0 Å². The van der Waals surface area contributed by atoms with E-state index < -0.39 is 11.9 Å². The first-order valence-electron chi connectivity index (χ1n) is 6.04. The Kier molecular flexibility index (Phi) is 4.24. The second-order valence-electron chi connectivity index (χ2n) is 4.42. The summed E-state index contributed by atoms with van der Waals surface area (Å²) in [4.78, 5) is 0. The first-order valence-corrected chi connectivity index (χ1v) is 6.04. The highest BCUT2D eigenvalue weighted by atomic mass is 19.4. The monoisotopic (exact) mass is 301 g/mol. The topological polar surface area (TPSA) is 78.8 Å². The van der Waals surface area contributed by atoms with Gasteiger partial charge in [0.15, 0.2) is 5.69 Å². The molecule has 0 bridgehead atoms. The molecule has 0 aliphatic heterocycles. The quantitative estimate of drug-likeness (QED) is 0.930. The van der Waals surface area contributed by atoms with Gasteiger partial charge < -0.3 is 10.5 Å². The largest absolute Gasteiger partial charge is 0.435 e. The van der Waals surface area contributed by atoms with Gasteiger partial charge in [-0.3, -0.25) is 0 Å². The Morgan fingerprint density at radius 3 is 2.57 bits per heavy atom. The highest BCUT2D eigenvalue weighted by molar-refractivity contribution is 5.65. The minimum atomic E-state index is -4.59. The van der Waals surface area contributed by atoms with E-state index in [2.05, 4.69) is 15.3 Å². The van der Waals surface area contributed by atoms with Crippen LogP contribution in [-0.2, 0) is 24.2 Å². The minimum Gasteiger partial charge on any atom is -0.362 e. The molecule has 0 saturated heterocycles. The second-order valence-corrected chi connectivity index (χ2v) is 4.42. The van der Waals surface area contributed by atoms with Crippen LogP contribution >= 0.6 is 0 Å². The number of nitrogens with zero attached hydrogens (tertiary/aromatic N) is 4. The van der Waals surface area contributed by atoms with E-state index in [0.717, 1.165) is 4.68 Å². The molecule has 0 aromatic carbocycles. The van der Waals surface area contributed by atoms with Crippen molar-refractivity contribution in [1.29, 1.82) is 0 Å². The van der Waals surface area contributed by atoms with Crippen molar-refractivity contribution in [2.45, 2.75) is 26.4 Å². The summed E-state index contributed by atoms with van der Waals surface area (Å²) in [5, 5.41) is 11.2. The van der Waals surface area contributed by atoms with Crippen LogP contribution in [0.5, 0.6) is 0 Å². The zero-order valence-electron chi connectivity index (χ0n) is 11.5. The predicted molar refractivity (Wildman–Crippen MR) is 67.9 cm³/mol. The zero-order valence-corrected chi connectivity index (χ0v) is 11.5. The van der Waals surface area contributed by atoms with Crippen LogP contribution < -0.4 is 5.73 Å². The van der Waals surface area contributed by atoms with Crippen molar-refractivity contribution in [3.8, 4) is 11.3 Å². The van der Waals surface area contributed by atoms with Gasteiger partial charge in [-0.1, -0.05) is 0 Å². The van der Waals surface area contributed by atoms with Gasteiger partial charge in [0, 0.05) is 19.9 Å². The molecule has 0 aliphatic carbocycles. The van der Waals surface area contributed by atoms with Crippen LogP contribution in [0.1, 0.15) is 17.0 Å². The second kappa shape index (κ2) is 5.78. The molecule has 0 atom stereocenters. The Labute approximate surface area is 118 Å². The number of hydrogen-bond donors (Lipinski definition) is 1. The van der Waals surface area contributed by atoms with E-state index >= 15 is 0 Å². The number of rotatable bonds is 4.